The molecule has 0 fully saturated rings. The second kappa shape index (κ2) is 4.88. The molecule has 1 nitrogen and oxygen atoms in total. The summed E-state index contributed by atoms with van der Waals surface area (Å²) in [6, 6.07) is 7.45. The number of rotatable bonds is 2. The van der Waals surface area contributed by atoms with Crippen molar-refractivity contribution >= 4 is 17.7 Å². The summed E-state index contributed by atoms with van der Waals surface area (Å²) in [7, 11) is 0. The highest BCUT2D eigenvalue weighted by Crippen LogP contribution is 2.10. The third-order valence-electron chi connectivity index (χ3n) is 1.59. The maximum atomic E-state index is 8.72. The largest absolute Gasteiger partial charge is 0.391 e. The van der Waals surface area contributed by atoms with Gasteiger partial charge in [0.25, 0.3) is 0 Å². The Balaban J connectivity index is 2.86. The Morgan fingerprint density at radius 2 is 2.08 bits per heavy atom. The standard InChI is InChI=1S/C11H11ClO/c1-9(8-13)2-3-10-4-6-11(12)7-5-10/h3-7,13H,8H2,1H3. The molecule has 1 aromatic carbocycles. The first-order chi connectivity index (χ1) is 6.22. The first-order valence-corrected chi connectivity index (χ1v) is 4.39. The van der Waals surface area contributed by atoms with Gasteiger partial charge in [-0.3, -0.25) is 0 Å². The minimum Gasteiger partial charge on any atom is -0.391 e. The van der Waals surface area contributed by atoms with Crippen LogP contribution in [-0.4, -0.2) is 11.7 Å². The molecule has 0 heterocycles. The van der Waals surface area contributed by atoms with Gasteiger partial charge in [0, 0.05) is 5.02 Å². The first-order valence-electron chi connectivity index (χ1n) is 4.01. The van der Waals surface area contributed by atoms with E-state index in [0.29, 0.717) is 0 Å². The van der Waals surface area contributed by atoms with Crippen molar-refractivity contribution < 1.29 is 5.11 Å². The molecule has 0 spiro atoms. The molecule has 0 bridgehead atoms. The van der Waals surface area contributed by atoms with Crippen molar-refractivity contribution in [1.29, 1.82) is 0 Å². The topological polar surface area (TPSA) is 20.2 Å². The Kier molecular flexibility index (Phi) is 3.78. The average molecular weight is 195 g/mol. The van der Waals surface area contributed by atoms with Gasteiger partial charge >= 0.3 is 0 Å². The molecule has 13 heavy (non-hydrogen) atoms. The molecule has 0 radical (unpaired) electrons. The van der Waals surface area contributed by atoms with Crippen LogP contribution >= 0.6 is 11.6 Å². The summed E-state index contributed by atoms with van der Waals surface area (Å²) in [6.45, 7) is 1.87. The van der Waals surface area contributed by atoms with Gasteiger partial charge in [0.2, 0.25) is 0 Å². The van der Waals surface area contributed by atoms with E-state index in [2.05, 4.69) is 5.73 Å². The maximum absolute atomic E-state index is 8.72. The fourth-order valence-corrected chi connectivity index (χ4v) is 0.937. The van der Waals surface area contributed by atoms with Crippen molar-refractivity contribution in [1.82, 2.24) is 0 Å². The van der Waals surface area contributed by atoms with Crippen LogP contribution < -0.4 is 0 Å². The van der Waals surface area contributed by atoms with Gasteiger partial charge in [0.15, 0.2) is 0 Å². The van der Waals surface area contributed by atoms with E-state index in [0.717, 1.165) is 16.2 Å². The molecule has 0 unspecified atom stereocenters. The van der Waals surface area contributed by atoms with Gasteiger partial charge in [-0.25, -0.2) is 0 Å². The van der Waals surface area contributed by atoms with Crippen LogP contribution in [-0.2, 0) is 0 Å². The van der Waals surface area contributed by atoms with Crippen molar-refractivity contribution in [3.8, 4) is 0 Å². The van der Waals surface area contributed by atoms with Crippen LogP contribution in [0.25, 0.3) is 6.08 Å². The van der Waals surface area contributed by atoms with Crippen LogP contribution in [0.4, 0.5) is 0 Å². The molecule has 0 aliphatic rings. The number of benzene rings is 1. The van der Waals surface area contributed by atoms with Crippen molar-refractivity contribution in [2.75, 3.05) is 6.61 Å². The van der Waals surface area contributed by atoms with Gasteiger partial charge in [0.05, 0.1) is 6.61 Å². The molecule has 2 heteroatoms. The Morgan fingerprint density at radius 1 is 1.46 bits per heavy atom. The number of halogens is 1. The van der Waals surface area contributed by atoms with Crippen molar-refractivity contribution in [3.05, 3.63) is 46.2 Å². The van der Waals surface area contributed by atoms with Gasteiger partial charge in [0.1, 0.15) is 0 Å². The third-order valence-corrected chi connectivity index (χ3v) is 1.84. The highest BCUT2D eigenvalue weighted by molar-refractivity contribution is 6.30. The minimum atomic E-state index is 0.0457. The average Bonchev–Trinajstić information content (AvgIpc) is 2.16. The molecule has 0 saturated carbocycles. The van der Waals surface area contributed by atoms with Gasteiger partial charge in [-0.05, 0) is 36.3 Å². The summed E-state index contributed by atoms with van der Waals surface area (Å²) in [4.78, 5) is 0. The fourth-order valence-electron chi connectivity index (χ4n) is 0.811. The van der Waals surface area contributed by atoms with E-state index in [1.807, 2.05) is 37.3 Å². The lowest BCUT2D eigenvalue weighted by Gasteiger charge is -1.91. The predicted octanol–water partition coefficient (Wildman–Crippen LogP) is 2.89. The SMILES string of the molecule is CC(=C=Cc1ccc(Cl)cc1)CO. The number of aliphatic hydroxyl groups excluding tert-OH is 1. The fraction of sp³-hybridized carbons (Fsp3) is 0.182. The third kappa shape index (κ3) is 3.47. The van der Waals surface area contributed by atoms with E-state index in [1.54, 1.807) is 0 Å². The summed E-state index contributed by atoms with van der Waals surface area (Å²) in [5.41, 5.74) is 4.81. The second-order valence-electron chi connectivity index (χ2n) is 2.78. The summed E-state index contributed by atoms with van der Waals surface area (Å²) in [6.07, 6.45) is 1.82. The van der Waals surface area contributed by atoms with Crippen molar-refractivity contribution in [2.45, 2.75) is 6.92 Å². The molecule has 0 aliphatic heterocycles. The predicted molar refractivity (Wildman–Crippen MR) is 55.7 cm³/mol. The molecule has 0 aliphatic carbocycles. The molecule has 0 saturated heterocycles. The van der Waals surface area contributed by atoms with Gasteiger partial charge in [-0.2, -0.15) is 0 Å². The monoisotopic (exact) mass is 194 g/mol. The number of hydrogen-bond donors (Lipinski definition) is 1. The normalized spacial score (nSPS) is 9.15. The van der Waals surface area contributed by atoms with Gasteiger partial charge in [-0.1, -0.05) is 23.7 Å². The Hall–Kier alpha value is -1.01. The van der Waals surface area contributed by atoms with E-state index >= 15 is 0 Å². The minimum absolute atomic E-state index is 0.0457. The van der Waals surface area contributed by atoms with E-state index in [-0.39, 0.29) is 6.61 Å². The molecule has 0 atom stereocenters. The first kappa shape index (κ1) is 10.1. The highest BCUT2D eigenvalue weighted by atomic mass is 35.5. The van der Waals surface area contributed by atoms with Crippen molar-refractivity contribution in [2.24, 2.45) is 0 Å². The molecule has 0 amide bonds. The zero-order valence-electron chi connectivity index (χ0n) is 7.42. The second-order valence-corrected chi connectivity index (χ2v) is 3.22. The molecular weight excluding hydrogens is 184 g/mol. The zero-order valence-corrected chi connectivity index (χ0v) is 8.17. The van der Waals surface area contributed by atoms with E-state index < -0.39 is 0 Å². The smallest absolute Gasteiger partial charge is 0.0713 e. The number of hydrogen-bond acceptors (Lipinski definition) is 1. The van der Waals surface area contributed by atoms with Crippen LogP contribution in [0.1, 0.15) is 12.5 Å². The van der Waals surface area contributed by atoms with Gasteiger partial charge in [-0.15, -0.1) is 5.73 Å². The maximum Gasteiger partial charge on any atom is 0.0713 e. The quantitative estimate of drug-likeness (QED) is 0.718. The summed E-state index contributed by atoms with van der Waals surface area (Å²) in [5, 5.41) is 9.44. The Morgan fingerprint density at radius 3 is 2.62 bits per heavy atom. The summed E-state index contributed by atoms with van der Waals surface area (Å²) < 4.78 is 0. The van der Waals surface area contributed by atoms with Crippen LogP contribution in [0.2, 0.25) is 5.02 Å². The van der Waals surface area contributed by atoms with Crippen LogP contribution in [0.3, 0.4) is 0 Å². The van der Waals surface area contributed by atoms with Crippen LogP contribution in [0.5, 0.6) is 0 Å². The molecule has 1 rings (SSSR count). The molecule has 1 aromatic rings. The zero-order chi connectivity index (χ0) is 9.68. The molecule has 68 valence electrons. The molecular formula is C11H11ClO. The molecule has 1 N–H and O–H groups in total. The number of aliphatic hydroxyl groups is 1. The van der Waals surface area contributed by atoms with Crippen LogP contribution in [0, 0.1) is 0 Å². The van der Waals surface area contributed by atoms with Gasteiger partial charge < -0.3 is 5.11 Å². The van der Waals surface area contributed by atoms with Crippen LogP contribution in [0.15, 0.2) is 35.6 Å². The Bertz CT molecular complexity index is 332. The summed E-state index contributed by atoms with van der Waals surface area (Å²) >= 11 is 5.72. The highest BCUT2D eigenvalue weighted by Gasteiger charge is 1.86. The van der Waals surface area contributed by atoms with Crippen molar-refractivity contribution in [3.63, 3.8) is 0 Å². The van der Waals surface area contributed by atoms with E-state index in [1.165, 1.54) is 0 Å². The summed E-state index contributed by atoms with van der Waals surface area (Å²) in [5.74, 6) is 0. The lowest BCUT2D eigenvalue weighted by molar-refractivity contribution is 0.332. The lowest BCUT2D eigenvalue weighted by atomic mass is 10.2. The van der Waals surface area contributed by atoms with E-state index in [4.69, 9.17) is 16.7 Å². The lowest BCUT2D eigenvalue weighted by Crippen LogP contribution is -1.79. The van der Waals surface area contributed by atoms with E-state index in [9.17, 15) is 0 Å². The molecule has 0 aromatic heterocycles. The Labute approximate surface area is 83.0 Å².